The highest BCUT2D eigenvalue weighted by molar-refractivity contribution is 7.91. The summed E-state index contributed by atoms with van der Waals surface area (Å²) in [6, 6.07) is 9.88. The third kappa shape index (κ3) is 5.08. The van der Waals surface area contributed by atoms with Gasteiger partial charge in [0.1, 0.15) is 0 Å². The fraction of sp³-hybridized carbons (Fsp3) is 0.364. The molecule has 0 saturated carbocycles. The highest BCUT2D eigenvalue weighted by Crippen LogP contribution is 2.32. The fourth-order valence-corrected chi connectivity index (χ4v) is 4.93. The van der Waals surface area contributed by atoms with Gasteiger partial charge in [0, 0.05) is 16.6 Å². The molecule has 3 N–H and O–H groups in total. The first-order valence-electron chi connectivity index (χ1n) is 9.98. The van der Waals surface area contributed by atoms with Crippen molar-refractivity contribution in [3.63, 3.8) is 0 Å². The van der Waals surface area contributed by atoms with Gasteiger partial charge in [-0.1, -0.05) is 37.6 Å². The van der Waals surface area contributed by atoms with E-state index in [4.69, 9.17) is 17.3 Å². The van der Waals surface area contributed by atoms with Crippen molar-refractivity contribution in [3.8, 4) is 0 Å². The first-order valence-corrected chi connectivity index (χ1v) is 12.0. The predicted molar refractivity (Wildman–Crippen MR) is 121 cm³/mol. The molecule has 0 fully saturated rings. The Balaban J connectivity index is 2.08. The molecule has 31 heavy (non-hydrogen) atoms. The Morgan fingerprint density at radius 3 is 2.45 bits per heavy atom. The van der Waals surface area contributed by atoms with Crippen LogP contribution in [0.4, 0.5) is 5.69 Å². The molecular weight excluding hydrogens is 438 g/mol. The molecule has 0 spiro atoms. The van der Waals surface area contributed by atoms with E-state index in [1.54, 1.807) is 24.3 Å². The van der Waals surface area contributed by atoms with Gasteiger partial charge in [-0.25, -0.2) is 8.42 Å². The topological polar surface area (TPSA) is 110 Å². The molecule has 166 valence electrons. The summed E-state index contributed by atoms with van der Waals surface area (Å²) in [4.78, 5) is 27.1. The third-order valence-electron chi connectivity index (χ3n) is 5.44. The molecule has 0 aliphatic carbocycles. The Kier molecular flexibility index (Phi) is 6.73. The number of hydrogen-bond donors (Lipinski definition) is 2. The Morgan fingerprint density at radius 2 is 1.84 bits per heavy atom. The number of nitrogens with one attached hydrogen (secondary N) is 1. The number of benzene rings is 2. The molecular formula is C22H26ClN3O4S. The van der Waals surface area contributed by atoms with E-state index in [1.807, 2.05) is 20.8 Å². The van der Waals surface area contributed by atoms with E-state index in [-0.39, 0.29) is 40.6 Å². The molecule has 2 amide bonds. The van der Waals surface area contributed by atoms with E-state index < -0.39 is 27.5 Å². The summed E-state index contributed by atoms with van der Waals surface area (Å²) < 4.78 is 25.7. The van der Waals surface area contributed by atoms with Crippen LogP contribution in [0.3, 0.4) is 0 Å². The molecule has 1 unspecified atom stereocenters. The number of anilines is 1. The van der Waals surface area contributed by atoms with Gasteiger partial charge in [-0.3, -0.25) is 9.59 Å². The fourth-order valence-electron chi connectivity index (χ4n) is 3.24. The molecule has 2 aromatic carbocycles. The minimum atomic E-state index is -3.81. The highest BCUT2D eigenvalue weighted by Gasteiger charge is 2.36. The Bertz CT molecular complexity index is 1100. The maximum Gasteiger partial charge on any atom is 0.251 e. The molecule has 0 bridgehead atoms. The molecule has 7 nitrogen and oxygen atoms in total. The van der Waals surface area contributed by atoms with Gasteiger partial charge in [-0.2, -0.15) is 0 Å². The normalized spacial score (nSPS) is 19.0. The zero-order valence-corrected chi connectivity index (χ0v) is 19.2. The lowest BCUT2D eigenvalue weighted by Crippen LogP contribution is -2.45. The number of hydrogen-bond acceptors (Lipinski definition) is 5. The highest BCUT2D eigenvalue weighted by atomic mass is 35.5. The largest absolute Gasteiger partial charge is 0.349 e. The van der Waals surface area contributed by atoms with Crippen molar-refractivity contribution in [2.45, 2.75) is 44.3 Å². The van der Waals surface area contributed by atoms with Crippen LogP contribution in [-0.2, 0) is 21.2 Å². The Morgan fingerprint density at radius 1 is 1.19 bits per heavy atom. The second-order valence-corrected chi connectivity index (χ2v) is 10.6. The van der Waals surface area contributed by atoms with Gasteiger partial charge in [-0.05, 0) is 48.7 Å². The summed E-state index contributed by atoms with van der Waals surface area (Å²) in [5.41, 5.74) is 7.10. The lowest BCUT2D eigenvalue weighted by Gasteiger charge is -2.25. The lowest BCUT2D eigenvalue weighted by molar-refractivity contribution is -0.119. The first kappa shape index (κ1) is 23.2. The molecule has 1 aliphatic rings. The standard InChI is InChI=1S/C22H26ClN3O4S/c1-13(2)14(3)25-21(27)16-6-9-20-19(10-16)26(11-15-4-7-17(23)8-5-15)22(28)18(24)12-31(20,29)30/h4-10,13-14,18H,11-12,24H2,1-3H3,(H,25,27)/t14?,18-/m0/s1. The van der Waals surface area contributed by atoms with E-state index in [1.165, 1.54) is 23.1 Å². The molecule has 9 heteroatoms. The van der Waals surface area contributed by atoms with Gasteiger partial charge in [0.25, 0.3) is 5.91 Å². The molecule has 1 aliphatic heterocycles. The van der Waals surface area contributed by atoms with Crippen LogP contribution in [0.1, 0.15) is 36.7 Å². The first-order chi connectivity index (χ1) is 14.5. The number of nitrogens with two attached hydrogens (primary N) is 1. The molecule has 2 atom stereocenters. The smallest absolute Gasteiger partial charge is 0.251 e. The van der Waals surface area contributed by atoms with Gasteiger partial charge >= 0.3 is 0 Å². The van der Waals surface area contributed by atoms with Crippen LogP contribution in [0.2, 0.25) is 5.02 Å². The number of halogens is 1. The lowest BCUT2D eigenvalue weighted by atomic mass is 10.1. The summed E-state index contributed by atoms with van der Waals surface area (Å²) in [7, 11) is -3.81. The maximum atomic E-state index is 13.0. The van der Waals surface area contributed by atoms with Crippen LogP contribution < -0.4 is 16.0 Å². The van der Waals surface area contributed by atoms with Crippen LogP contribution in [-0.4, -0.2) is 38.1 Å². The van der Waals surface area contributed by atoms with Crippen LogP contribution in [0.5, 0.6) is 0 Å². The van der Waals surface area contributed by atoms with E-state index in [0.717, 1.165) is 5.56 Å². The Labute approximate surface area is 187 Å². The summed E-state index contributed by atoms with van der Waals surface area (Å²) >= 11 is 5.95. The second kappa shape index (κ2) is 8.98. The van der Waals surface area contributed by atoms with E-state index in [0.29, 0.717) is 5.02 Å². The van der Waals surface area contributed by atoms with Crippen LogP contribution in [0.25, 0.3) is 0 Å². The van der Waals surface area contributed by atoms with Crippen molar-refractivity contribution >= 4 is 38.9 Å². The summed E-state index contributed by atoms with van der Waals surface area (Å²) in [6.45, 7) is 5.97. The van der Waals surface area contributed by atoms with Gasteiger partial charge in [0.15, 0.2) is 9.84 Å². The summed E-state index contributed by atoms with van der Waals surface area (Å²) in [5, 5.41) is 3.44. The van der Waals surface area contributed by atoms with Crippen LogP contribution in [0.15, 0.2) is 47.4 Å². The van der Waals surface area contributed by atoms with Crippen LogP contribution >= 0.6 is 11.6 Å². The number of carbonyl (C=O) groups is 2. The number of nitrogens with zero attached hydrogens (tertiary/aromatic N) is 1. The molecule has 0 aromatic heterocycles. The van der Waals surface area contributed by atoms with E-state index in [9.17, 15) is 18.0 Å². The predicted octanol–water partition coefficient (Wildman–Crippen LogP) is 2.76. The van der Waals surface area contributed by atoms with Crippen molar-refractivity contribution in [1.82, 2.24) is 5.32 Å². The number of amides is 2. The zero-order valence-electron chi connectivity index (χ0n) is 17.6. The average Bonchev–Trinajstić information content (AvgIpc) is 2.77. The summed E-state index contributed by atoms with van der Waals surface area (Å²) in [5.74, 6) is -1.13. The van der Waals surface area contributed by atoms with E-state index >= 15 is 0 Å². The third-order valence-corrected chi connectivity index (χ3v) is 7.51. The van der Waals surface area contributed by atoms with Crippen molar-refractivity contribution < 1.29 is 18.0 Å². The van der Waals surface area contributed by atoms with Gasteiger partial charge < -0.3 is 16.0 Å². The van der Waals surface area contributed by atoms with Gasteiger partial charge in [0.2, 0.25) is 5.91 Å². The number of fused-ring (bicyclic) bond motifs is 1. The molecule has 0 radical (unpaired) electrons. The number of sulfone groups is 1. The Hall–Kier alpha value is -2.42. The zero-order chi connectivity index (χ0) is 22.9. The molecule has 2 aromatic rings. The molecule has 0 saturated heterocycles. The van der Waals surface area contributed by atoms with Crippen molar-refractivity contribution in [2.24, 2.45) is 11.7 Å². The van der Waals surface area contributed by atoms with Crippen molar-refractivity contribution in [1.29, 1.82) is 0 Å². The SMILES string of the molecule is CC(C)C(C)NC(=O)c1ccc2c(c1)N(Cc1ccc(Cl)cc1)C(=O)[C@@H](N)CS2(=O)=O. The number of rotatable bonds is 5. The maximum absolute atomic E-state index is 13.0. The minimum absolute atomic E-state index is 0.0174. The van der Waals surface area contributed by atoms with Gasteiger partial charge in [-0.15, -0.1) is 0 Å². The quantitative estimate of drug-likeness (QED) is 0.708. The minimum Gasteiger partial charge on any atom is -0.349 e. The monoisotopic (exact) mass is 463 g/mol. The summed E-state index contributed by atoms with van der Waals surface area (Å²) in [6.07, 6.45) is 0. The van der Waals surface area contributed by atoms with Gasteiger partial charge in [0.05, 0.1) is 28.9 Å². The van der Waals surface area contributed by atoms with Crippen LogP contribution in [0, 0.1) is 5.92 Å². The molecule has 3 rings (SSSR count). The van der Waals surface area contributed by atoms with Crippen molar-refractivity contribution in [3.05, 3.63) is 58.6 Å². The number of carbonyl (C=O) groups excluding carboxylic acids is 2. The van der Waals surface area contributed by atoms with Crippen molar-refractivity contribution in [2.75, 3.05) is 10.7 Å². The second-order valence-electron chi connectivity index (χ2n) is 8.13. The van der Waals surface area contributed by atoms with E-state index in [2.05, 4.69) is 5.32 Å². The molecule has 1 heterocycles. The average molecular weight is 464 g/mol.